The van der Waals surface area contributed by atoms with E-state index in [0.29, 0.717) is 10.9 Å². The van der Waals surface area contributed by atoms with Crippen LogP contribution in [-0.4, -0.2) is 30.5 Å². The average Bonchev–Trinajstić information content (AvgIpc) is 2.96. The fourth-order valence-electron chi connectivity index (χ4n) is 4.17. The van der Waals surface area contributed by atoms with Gasteiger partial charge in [-0.1, -0.05) is 18.2 Å². The molecule has 5 aromatic rings. The molecule has 5 rings (SSSR count). The normalized spacial score (nSPS) is 11.7. The van der Waals surface area contributed by atoms with Gasteiger partial charge in [-0.25, -0.2) is 22.7 Å². The second-order valence-electron chi connectivity index (χ2n) is 8.48. The van der Waals surface area contributed by atoms with Crippen LogP contribution in [-0.2, 0) is 16.2 Å². The molecule has 0 bridgehead atoms. The maximum absolute atomic E-state index is 14.1. The first kappa shape index (κ1) is 26.6. The molecule has 0 saturated heterocycles. The summed E-state index contributed by atoms with van der Waals surface area (Å²) in [5, 5.41) is 11.3. The lowest BCUT2D eigenvalue weighted by Crippen LogP contribution is -2.27. The van der Waals surface area contributed by atoms with Gasteiger partial charge in [0.15, 0.2) is 5.82 Å². The second kappa shape index (κ2) is 10.3. The molecule has 2 heterocycles. The minimum atomic E-state index is -4.52. The minimum absolute atomic E-state index is 0.00870. The monoisotopic (exact) mass is 561 g/mol. The number of sulfonamides is 1. The van der Waals surface area contributed by atoms with Gasteiger partial charge in [-0.3, -0.25) is 4.98 Å². The van der Waals surface area contributed by atoms with Crippen molar-refractivity contribution in [3.05, 3.63) is 103 Å². The Kier molecular flexibility index (Phi) is 6.83. The van der Waals surface area contributed by atoms with Crippen molar-refractivity contribution in [1.29, 1.82) is 5.26 Å². The highest BCUT2D eigenvalue weighted by molar-refractivity contribution is 7.93. The lowest BCUT2D eigenvalue weighted by Gasteiger charge is -2.26. The van der Waals surface area contributed by atoms with Gasteiger partial charge < -0.3 is 4.74 Å². The number of halogens is 3. The van der Waals surface area contributed by atoms with Gasteiger partial charge in [0.25, 0.3) is 10.0 Å². The maximum atomic E-state index is 14.1. The molecule has 0 unspecified atom stereocenters. The molecule has 0 aliphatic carbocycles. The van der Waals surface area contributed by atoms with Gasteiger partial charge in [-0.05, 0) is 53.4 Å². The summed E-state index contributed by atoms with van der Waals surface area (Å²) in [4.78, 5) is 12.0. The molecule has 0 aliphatic rings. The summed E-state index contributed by atoms with van der Waals surface area (Å²) in [6.07, 6.45) is 1.17. The zero-order chi connectivity index (χ0) is 28.5. The molecule has 3 aromatic carbocycles. The first-order chi connectivity index (χ1) is 19.1. The maximum Gasteiger partial charge on any atom is 0.416 e. The van der Waals surface area contributed by atoms with Gasteiger partial charge in [0.05, 0.1) is 29.2 Å². The Hall–Kier alpha value is -5.02. The lowest BCUT2D eigenvalue weighted by atomic mass is 9.98. The Bertz CT molecular complexity index is 1860. The second-order valence-corrected chi connectivity index (χ2v) is 10.3. The molecule has 12 heteroatoms. The van der Waals surface area contributed by atoms with Crippen LogP contribution >= 0.6 is 0 Å². The Morgan fingerprint density at radius 1 is 0.925 bits per heavy atom. The molecule has 0 saturated carbocycles. The van der Waals surface area contributed by atoms with E-state index in [-0.39, 0.29) is 33.3 Å². The van der Waals surface area contributed by atoms with E-state index in [1.165, 1.54) is 62.1 Å². The number of methoxy groups -OCH3 is 1. The molecule has 0 spiro atoms. The molecule has 0 aliphatic heterocycles. The zero-order valence-electron chi connectivity index (χ0n) is 20.7. The fraction of sp³-hybridized carbons (Fsp3) is 0.0714. The molecule has 0 atom stereocenters. The van der Waals surface area contributed by atoms with Crippen molar-refractivity contribution in [2.24, 2.45) is 0 Å². The number of rotatable bonds is 6. The number of fused-ring (bicyclic) bond motifs is 1. The Morgan fingerprint density at radius 3 is 2.33 bits per heavy atom. The van der Waals surface area contributed by atoms with E-state index < -0.39 is 21.8 Å². The van der Waals surface area contributed by atoms with Gasteiger partial charge in [0.2, 0.25) is 0 Å². The smallest absolute Gasteiger partial charge is 0.416 e. The van der Waals surface area contributed by atoms with Crippen molar-refractivity contribution < 1.29 is 26.3 Å². The number of pyridine rings is 1. The van der Waals surface area contributed by atoms with Crippen molar-refractivity contribution in [2.45, 2.75) is 11.1 Å². The number of hydrogen-bond acceptors (Lipinski definition) is 7. The van der Waals surface area contributed by atoms with E-state index in [9.17, 15) is 26.9 Å². The third kappa shape index (κ3) is 4.90. The Balaban J connectivity index is 1.71. The lowest BCUT2D eigenvalue weighted by molar-refractivity contribution is -0.137. The van der Waals surface area contributed by atoms with Gasteiger partial charge in [0, 0.05) is 35.6 Å². The van der Waals surface area contributed by atoms with E-state index in [4.69, 9.17) is 4.74 Å². The summed E-state index contributed by atoms with van der Waals surface area (Å²) in [6, 6.07) is 16.6. The highest BCUT2D eigenvalue weighted by atomic mass is 32.2. The number of alkyl halides is 3. The van der Waals surface area contributed by atoms with Crippen LogP contribution in [0, 0.1) is 11.3 Å². The van der Waals surface area contributed by atoms with Crippen LogP contribution in [0.25, 0.3) is 21.9 Å². The fourth-order valence-corrected chi connectivity index (χ4v) is 5.65. The minimum Gasteiger partial charge on any atom is -0.495 e. The molecule has 0 radical (unpaired) electrons. The quantitative estimate of drug-likeness (QED) is 0.246. The number of nitriles is 1. The van der Waals surface area contributed by atoms with Crippen LogP contribution in [0.1, 0.15) is 11.1 Å². The van der Waals surface area contributed by atoms with Gasteiger partial charge in [0.1, 0.15) is 17.8 Å². The van der Waals surface area contributed by atoms with Crippen LogP contribution in [0.4, 0.5) is 24.7 Å². The van der Waals surface area contributed by atoms with Gasteiger partial charge in [-0.15, -0.1) is 0 Å². The molecule has 0 fully saturated rings. The molecule has 2 aromatic heterocycles. The highest BCUT2D eigenvalue weighted by Crippen LogP contribution is 2.42. The third-order valence-electron chi connectivity index (χ3n) is 6.11. The standard InChI is InChI=1S/C28H18F3N5O3S/c1-39-26-14-24(18-2-5-22(6-3-18)28(29,30)31)21(15-32)13-25(26)36(27-9-11-34-17-35-27)40(37,38)23-7-4-20-16-33-10-8-19(20)12-23/h2-14,16-17H,1H3. The number of nitrogens with zero attached hydrogens (tertiary/aromatic N) is 5. The van der Waals surface area contributed by atoms with E-state index >= 15 is 0 Å². The van der Waals surface area contributed by atoms with Crippen molar-refractivity contribution in [2.75, 3.05) is 11.4 Å². The van der Waals surface area contributed by atoms with Crippen molar-refractivity contribution in [3.8, 4) is 22.9 Å². The van der Waals surface area contributed by atoms with Gasteiger partial charge >= 0.3 is 6.18 Å². The van der Waals surface area contributed by atoms with Gasteiger partial charge in [-0.2, -0.15) is 18.4 Å². The number of ether oxygens (including phenoxy) is 1. The number of benzene rings is 3. The summed E-state index contributed by atoms with van der Waals surface area (Å²) >= 11 is 0. The molecule has 8 nitrogen and oxygen atoms in total. The summed E-state index contributed by atoms with van der Waals surface area (Å²) in [7, 11) is -3.03. The van der Waals surface area contributed by atoms with Crippen LogP contribution < -0.4 is 9.04 Å². The molecule has 0 amide bonds. The predicted molar refractivity (Wildman–Crippen MR) is 141 cm³/mol. The average molecular weight is 562 g/mol. The Labute approximate surface area is 227 Å². The van der Waals surface area contributed by atoms with E-state index in [0.717, 1.165) is 21.8 Å². The largest absolute Gasteiger partial charge is 0.495 e. The summed E-state index contributed by atoms with van der Waals surface area (Å²) in [6.45, 7) is 0. The molecular formula is C28H18F3N5O3S. The first-order valence-corrected chi connectivity index (χ1v) is 13.0. The summed E-state index contributed by atoms with van der Waals surface area (Å²) in [5.41, 5.74) is -0.285. The van der Waals surface area contributed by atoms with Crippen LogP contribution in [0.15, 0.2) is 96.5 Å². The molecule has 200 valence electrons. The van der Waals surface area contributed by atoms with Crippen LogP contribution in [0.3, 0.4) is 0 Å². The Morgan fingerprint density at radius 2 is 1.68 bits per heavy atom. The number of hydrogen-bond donors (Lipinski definition) is 0. The third-order valence-corrected chi connectivity index (χ3v) is 7.82. The van der Waals surface area contributed by atoms with E-state index in [1.54, 1.807) is 24.5 Å². The van der Waals surface area contributed by atoms with E-state index in [1.807, 2.05) is 6.07 Å². The van der Waals surface area contributed by atoms with Crippen molar-refractivity contribution in [1.82, 2.24) is 15.0 Å². The molecular weight excluding hydrogens is 543 g/mol. The van der Waals surface area contributed by atoms with Crippen LogP contribution in [0.2, 0.25) is 0 Å². The van der Waals surface area contributed by atoms with Crippen molar-refractivity contribution in [3.63, 3.8) is 0 Å². The van der Waals surface area contributed by atoms with Crippen LogP contribution in [0.5, 0.6) is 5.75 Å². The van der Waals surface area contributed by atoms with Crippen molar-refractivity contribution >= 4 is 32.3 Å². The number of aromatic nitrogens is 3. The topological polar surface area (TPSA) is 109 Å². The number of anilines is 2. The molecule has 0 N–H and O–H groups in total. The predicted octanol–water partition coefficient (Wildman–Crippen LogP) is 6.12. The highest BCUT2D eigenvalue weighted by Gasteiger charge is 2.32. The molecule has 40 heavy (non-hydrogen) atoms. The summed E-state index contributed by atoms with van der Waals surface area (Å²) < 4.78 is 74.0. The first-order valence-electron chi connectivity index (χ1n) is 11.6. The summed E-state index contributed by atoms with van der Waals surface area (Å²) in [5.74, 6) is 0.0235. The van der Waals surface area contributed by atoms with E-state index in [2.05, 4.69) is 15.0 Å². The zero-order valence-corrected chi connectivity index (χ0v) is 21.5. The SMILES string of the molecule is COc1cc(-c2ccc(C(F)(F)F)cc2)c(C#N)cc1N(c1ccncn1)S(=O)(=O)c1ccc2cnccc2c1.